The summed E-state index contributed by atoms with van der Waals surface area (Å²) in [5, 5.41) is 3.79. The highest BCUT2D eigenvalue weighted by Crippen LogP contribution is 2.34. The van der Waals surface area contributed by atoms with E-state index in [9.17, 15) is 0 Å². The summed E-state index contributed by atoms with van der Waals surface area (Å²) in [6.07, 6.45) is 11.3. The molecule has 0 bridgehead atoms. The van der Waals surface area contributed by atoms with Gasteiger partial charge >= 0.3 is 0 Å². The fraction of sp³-hybridized carbons (Fsp3) is 0.778. The smallest absolute Gasteiger partial charge is 0.0417 e. The van der Waals surface area contributed by atoms with E-state index in [1.165, 1.54) is 61.8 Å². The Morgan fingerprint density at radius 2 is 2.00 bits per heavy atom. The molecule has 0 aliphatic heterocycles. The van der Waals surface area contributed by atoms with Gasteiger partial charge in [-0.05, 0) is 57.2 Å². The van der Waals surface area contributed by atoms with Crippen molar-refractivity contribution in [3.8, 4) is 0 Å². The maximum atomic E-state index is 3.79. The molecule has 1 N–H and O–H groups in total. The minimum atomic E-state index is 0.593. The van der Waals surface area contributed by atoms with Crippen LogP contribution in [0.25, 0.3) is 0 Å². The number of hydrogen-bond acceptors (Lipinski definition) is 2. The standard InChI is InChI=1S/C18H31NS/c1-4-12-19-17(18-14(2)13-15(3)20-18)11-10-16-8-6-5-7-9-16/h13,16-17,19H,4-12H2,1-3H3. The molecule has 1 aromatic heterocycles. The van der Waals surface area contributed by atoms with Gasteiger partial charge in [-0.1, -0.05) is 39.0 Å². The topological polar surface area (TPSA) is 12.0 Å². The van der Waals surface area contributed by atoms with Crippen LogP contribution < -0.4 is 5.32 Å². The molecule has 0 amide bonds. The summed E-state index contributed by atoms with van der Waals surface area (Å²) >= 11 is 2.00. The summed E-state index contributed by atoms with van der Waals surface area (Å²) in [6.45, 7) is 7.92. The summed E-state index contributed by atoms with van der Waals surface area (Å²) < 4.78 is 0. The number of aryl methyl sites for hydroxylation is 2. The molecular weight excluding hydrogens is 262 g/mol. The quantitative estimate of drug-likeness (QED) is 0.673. The van der Waals surface area contributed by atoms with Gasteiger partial charge in [0.05, 0.1) is 0 Å². The van der Waals surface area contributed by atoms with Gasteiger partial charge < -0.3 is 5.32 Å². The zero-order valence-corrected chi connectivity index (χ0v) is 14.3. The van der Waals surface area contributed by atoms with Crippen LogP contribution in [-0.4, -0.2) is 6.54 Å². The first kappa shape index (κ1) is 16.0. The van der Waals surface area contributed by atoms with E-state index in [1.54, 1.807) is 4.88 Å². The largest absolute Gasteiger partial charge is 0.309 e. The lowest BCUT2D eigenvalue weighted by molar-refractivity contribution is 0.315. The molecule has 1 unspecified atom stereocenters. The van der Waals surface area contributed by atoms with Crippen molar-refractivity contribution in [3.63, 3.8) is 0 Å². The molecule has 1 aliphatic carbocycles. The van der Waals surface area contributed by atoms with Crippen LogP contribution in [0.3, 0.4) is 0 Å². The second kappa shape index (κ2) is 8.19. The van der Waals surface area contributed by atoms with Gasteiger partial charge in [-0.2, -0.15) is 0 Å². The Balaban J connectivity index is 1.94. The molecule has 1 heterocycles. The Bertz CT molecular complexity index is 390. The van der Waals surface area contributed by atoms with Crippen LogP contribution in [0.2, 0.25) is 0 Å². The highest BCUT2D eigenvalue weighted by atomic mass is 32.1. The van der Waals surface area contributed by atoms with Crippen molar-refractivity contribution < 1.29 is 0 Å². The van der Waals surface area contributed by atoms with Gasteiger partial charge in [0.1, 0.15) is 0 Å². The molecule has 1 fully saturated rings. The molecule has 0 radical (unpaired) electrons. The van der Waals surface area contributed by atoms with Gasteiger partial charge in [-0.15, -0.1) is 11.3 Å². The molecule has 0 aromatic carbocycles. The number of thiophene rings is 1. The van der Waals surface area contributed by atoms with Crippen molar-refractivity contribution in [1.29, 1.82) is 0 Å². The van der Waals surface area contributed by atoms with Gasteiger partial charge in [0.2, 0.25) is 0 Å². The summed E-state index contributed by atoms with van der Waals surface area (Å²) in [4.78, 5) is 3.05. The second-order valence-electron chi connectivity index (χ2n) is 6.49. The van der Waals surface area contributed by atoms with Crippen molar-refractivity contribution in [1.82, 2.24) is 5.32 Å². The first-order valence-electron chi connectivity index (χ1n) is 8.51. The van der Waals surface area contributed by atoms with E-state index >= 15 is 0 Å². The van der Waals surface area contributed by atoms with Crippen molar-refractivity contribution >= 4 is 11.3 Å². The van der Waals surface area contributed by atoms with Crippen LogP contribution in [0, 0.1) is 19.8 Å². The zero-order valence-electron chi connectivity index (χ0n) is 13.5. The fourth-order valence-corrected chi connectivity index (χ4v) is 4.67. The van der Waals surface area contributed by atoms with Crippen molar-refractivity contribution in [2.45, 2.75) is 78.2 Å². The molecule has 0 saturated heterocycles. The molecule has 2 heteroatoms. The third-order valence-corrected chi connectivity index (χ3v) is 5.89. The molecular formula is C18H31NS. The summed E-state index contributed by atoms with van der Waals surface area (Å²) in [5.41, 5.74) is 1.49. The normalized spacial score (nSPS) is 18.4. The minimum Gasteiger partial charge on any atom is -0.309 e. The summed E-state index contributed by atoms with van der Waals surface area (Å²) in [6, 6.07) is 2.94. The average molecular weight is 294 g/mol. The molecule has 1 aromatic rings. The van der Waals surface area contributed by atoms with Gasteiger partial charge in [-0.25, -0.2) is 0 Å². The van der Waals surface area contributed by atoms with Crippen LogP contribution in [0.4, 0.5) is 0 Å². The SMILES string of the molecule is CCCNC(CCC1CCCCC1)c1sc(C)cc1C. The molecule has 1 atom stereocenters. The first-order valence-corrected chi connectivity index (χ1v) is 9.32. The lowest BCUT2D eigenvalue weighted by Crippen LogP contribution is -2.23. The van der Waals surface area contributed by atoms with E-state index in [2.05, 4.69) is 32.2 Å². The van der Waals surface area contributed by atoms with E-state index in [1.807, 2.05) is 11.3 Å². The lowest BCUT2D eigenvalue weighted by atomic mass is 9.85. The van der Waals surface area contributed by atoms with Crippen molar-refractivity contribution in [3.05, 3.63) is 21.4 Å². The predicted molar refractivity (Wildman–Crippen MR) is 90.6 cm³/mol. The Hall–Kier alpha value is -0.340. The Labute approximate surface area is 129 Å². The van der Waals surface area contributed by atoms with E-state index in [-0.39, 0.29) is 0 Å². The number of rotatable bonds is 7. The van der Waals surface area contributed by atoms with Crippen LogP contribution in [0.15, 0.2) is 6.07 Å². The van der Waals surface area contributed by atoms with E-state index in [4.69, 9.17) is 0 Å². The Morgan fingerprint density at radius 1 is 1.25 bits per heavy atom. The third kappa shape index (κ3) is 4.60. The van der Waals surface area contributed by atoms with Crippen molar-refractivity contribution in [2.75, 3.05) is 6.54 Å². The predicted octanol–water partition coefficient (Wildman–Crippen LogP) is 5.77. The van der Waals surface area contributed by atoms with Crippen molar-refractivity contribution in [2.24, 2.45) is 5.92 Å². The highest BCUT2D eigenvalue weighted by molar-refractivity contribution is 7.12. The van der Waals surface area contributed by atoms with E-state index in [0.29, 0.717) is 6.04 Å². The monoisotopic (exact) mass is 293 g/mol. The van der Waals surface area contributed by atoms with Gasteiger partial charge in [0.25, 0.3) is 0 Å². The van der Waals surface area contributed by atoms with Crippen LogP contribution in [0.1, 0.15) is 79.6 Å². The summed E-state index contributed by atoms with van der Waals surface area (Å²) in [5.74, 6) is 0.996. The van der Waals surface area contributed by atoms with Crippen LogP contribution in [-0.2, 0) is 0 Å². The third-order valence-electron chi connectivity index (χ3n) is 4.62. The molecule has 114 valence electrons. The van der Waals surface area contributed by atoms with Gasteiger partial charge in [0.15, 0.2) is 0 Å². The summed E-state index contributed by atoms with van der Waals surface area (Å²) in [7, 11) is 0. The molecule has 1 saturated carbocycles. The number of nitrogens with one attached hydrogen (secondary N) is 1. The number of hydrogen-bond donors (Lipinski definition) is 1. The van der Waals surface area contributed by atoms with Crippen LogP contribution in [0.5, 0.6) is 0 Å². The van der Waals surface area contributed by atoms with Crippen LogP contribution >= 0.6 is 11.3 Å². The van der Waals surface area contributed by atoms with Gasteiger partial charge in [-0.3, -0.25) is 0 Å². The zero-order chi connectivity index (χ0) is 14.4. The molecule has 2 rings (SSSR count). The Morgan fingerprint density at radius 3 is 2.60 bits per heavy atom. The highest BCUT2D eigenvalue weighted by Gasteiger charge is 2.19. The second-order valence-corrected chi connectivity index (χ2v) is 7.78. The molecule has 0 spiro atoms. The maximum absolute atomic E-state index is 3.79. The van der Waals surface area contributed by atoms with Gasteiger partial charge in [0, 0.05) is 15.8 Å². The Kier molecular flexibility index (Phi) is 6.57. The molecule has 1 aliphatic rings. The molecule has 1 nitrogen and oxygen atoms in total. The maximum Gasteiger partial charge on any atom is 0.0417 e. The van der Waals surface area contributed by atoms with E-state index < -0.39 is 0 Å². The minimum absolute atomic E-state index is 0.593. The first-order chi connectivity index (χ1) is 9.70. The average Bonchev–Trinajstić information content (AvgIpc) is 2.79. The fourth-order valence-electron chi connectivity index (χ4n) is 3.53. The van der Waals surface area contributed by atoms with E-state index in [0.717, 1.165) is 12.5 Å². The molecule has 20 heavy (non-hydrogen) atoms. The lowest BCUT2D eigenvalue weighted by Gasteiger charge is -2.25.